The predicted molar refractivity (Wildman–Crippen MR) is 70.8 cm³/mol. The first-order chi connectivity index (χ1) is 9.40. The summed E-state index contributed by atoms with van der Waals surface area (Å²) in [6.07, 6.45) is 1.94. The predicted octanol–water partition coefficient (Wildman–Crippen LogP) is 0.0987. The van der Waals surface area contributed by atoms with Crippen molar-refractivity contribution in [2.45, 2.75) is 32.2 Å². The molecule has 0 saturated carbocycles. The van der Waals surface area contributed by atoms with Crippen LogP contribution in [-0.2, 0) is 9.59 Å². The van der Waals surface area contributed by atoms with E-state index in [1.807, 2.05) is 6.92 Å². The summed E-state index contributed by atoms with van der Waals surface area (Å²) >= 11 is 0. The Morgan fingerprint density at radius 2 is 1.80 bits per heavy atom. The first-order valence-corrected chi connectivity index (χ1v) is 6.97. The number of urea groups is 1. The zero-order valence-electron chi connectivity index (χ0n) is 11.6. The molecule has 0 spiro atoms. The molecule has 0 aliphatic carbocycles. The molecule has 3 atom stereocenters. The average Bonchev–Trinajstić information content (AvgIpc) is 2.88. The lowest BCUT2D eigenvalue weighted by Gasteiger charge is -2.39. The molecule has 2 saturated heterocycles. The number of amides is 3. The van der Waals surface area contributed by atoms with E-state index in [4.69, 9.17) is 10.8 Å². The van der Waals surface area contributed by atoms with Gasteiger partial charge in [-0.25, -0.2) is 4.79 Å². The second kappa shape index (κ2) is 5.68. The van der Waals surface area contributed by atoms with Crippen LogP contribution in [0.2, 0.25) is 0 Å². The van der Waals surface area contributed by atoms with Crippen molar-refractivity contribution in [2.75, 3.05) is 19.6 Å². The highest BCUT2D eigenvalue weighted by Crippen LogP contribution is 2.25. The Kier molecular flexibility index (Phi) is 4.15. The summed E-state index contributed by atoms with van der Waals surface area (Å²) in [7, 11) is 0. The molecule has 2 fully saturated rings. The standard InChI is InChI=1S/C13H21N3O4/c1-8-2-3-9(11(14)17)7-16(8)13(20)15-5-4-10(6-15)12(18)19/h8-10H,2-7H2,1H3,(H2,14,17)(H,18,19). The minimum atomic E-state index is -0.859. The Labute approximate surface area is 117 Å². The van der Waals surface area contributed by atoms with E-state index in [-0.39, 0.29) is 30.4 Å². The number of rotatable bonds is 2. The number of aliphatic carboxylic acids is 1. The normalized spacial score (nSPS) is 30.4. The maximum Gasteiger partial charge on any atom is 0.320 e. The van der Waals surface area contributed by atoms with Gasteiger partial charge in [-0.05, 0) is 26.2 Å². The second-order valence-corrected chi connectivity index (χ2v) is 5.73. The van der Waals surface area contributed by atoms with Crippen LogP contribution in [0.1, 0.15) is 26.2 Å². The van der Waals surface area contributed by atoms with Gasteiger partial charge in [0.1, 0.15) is 0 Å². The number of carboxylic acids is 1. The molecular weight excluding hydrogens is 262 g/mol. The maximum absolute atomic E-state index is 12.5. The molecule has 2 aliphatic heterocycles. The molecule has 0 radical (unpaired) electrons. The number of piperidine rings is 1. The van der Waals surface area contributed by atoms with Crippen molar-refractivity contribution in [2.24, 2.45) is 17.6 Å². The van der Waals surface area contributed by atoms with Crippen molar-refractivity contribution >= 4 is 17.9 Å². The van der Waals surface area contributed by atoms with Crippen molar-refractivity contribution in [3.05, 3.63) is 0 Å². The number of nitrogens with zero attached hydrogens (tertiary/aromatic N) is 2. The fourth-order valence-corrected chi connectivity index (χ4v) is 2.92. The third-order valence-electron chi connectivity index (χ3n) is 4.34. The van der Waals surface area contributed by atoms with E-state index in [0.717, 1.165) is 6.42 Å². The lowest BCUT2D eigenvalue weighted by molar-refractivity contribution is -0.141. The Morgan fingerprint density at radius 1 is 1.10 bits per heavy atom. The molecule has 3 amide bonds. The summed E-state index contributed by atoms with van der Waals surface area (Å²) in [5.74, 6) is -2.01. The van der Waals surface area contributed by atoms with Gasteiger partial charge < -0.3 is 20.6 Å². The summed E-state index contributed by atoms with van der Waals surface area (Å²) in [5.41, 5.74) is 5.32. The zero-order valence-corrected chi connectivity index (χ0v) is 11.6. The van der Waals surface area contributed by atoms with Crippen molar-refractivity contribution < 1.29 is 19.5 Å². The molecule has 112 valence electrons. The second-order valence-electron chi connectivity index (χ2n) is 5.73. The largest absolute Gasteiger partial charge is 0.481 e. The Hall–Kier alpha value is -1.79. The maximum atomic E-state index is 12.5. The number of hydrogen-bond acceptors (Lipinski definition) is 3. The highest BCUT2D eigenvalue weighted by Gasteiger charge is 2.37. The van der Waals surface area contributed by atoms with Crippen LogP contribution in [-0.4, -0.2) is 58.5 Å². The van der Waals surface area contributed by atoms with Crippen LogP contribution >= 0.6 is 0 Å². The number of primary amides is 1. The molecule has 0 bridgehead atoms. The summed E-state index contributed by atoms with van der Waals surface area (Å²) in [4.78, 5) is 37.9. The van der Waals surface area contributed by atoms with Crippen molar-refractivity contribution in [1.29, 1.82) is 0 Å². The third kappa shape index (κ3) is 2.86. The van der Waals surface area contributed by atoms with Crippen LogP contribution in [0.15, 0.2) is 0 Å². The monoisotopic (exact) mass is 283 g/mol. The molecule has 2 aliphatic rings. The number of hydrogen-bond donors (Lipinski definition) is 2. The molecule has 0 aromatic heterocycles. The minimum absolute atomic E-state index is 0.0574. The van der Waals surface area contributed by atoms with Crippen LogP contribution in [0, 0.1) is 11.8 Å². The molecule has 7 heteroatoms. The zero-order chi connectivity index (χ0) is 14.9. The van der Waals surface area contributed by atoms with E-state index in [0.29, 0.717) is 25.9 Å². The van der Waals surface area contributed by atoms with Gasteiger partial charge in [-0.2, -0.15) is 0 Å². The summed E-state index contributed by atoms with van der Waals surface area (Å²) in [6.45, 7) is 2.99. The van der Waals surface area contributed by atoms with E-state index in [2.05, 4.69) is 0 Å². The van der Waals surface area contributed by atoms with Gasteiger partial charge in [-0.1, -0.05) is 0 Å². The van der Waals surface area contributed by atoms with E-state index in [9.17, 15) is 14.4 Å². The molecular formula is C13H21N3O4. The highest BCUT2D eigenvalue weighted by atomic mass is 16.4. The highest BCUT2D eigenvalue weighted by molar-refractivity contribution is 5.80. The van der Waals surface area contributed by atoms with Crippen LogP contribution in [0.3, 0.4) is 0 Å². The van der Waals surface area contributed by atoms with Gasteiger partial charge in [0.25, 0.3) is 0 Å². The summed E-state index contributed by atoms with van der Waals surface area (Å²) in [6, 6.07) is -0.117. The SMILES string of the molecule is CC1CCC(C(N)=O)CN1C(=O)N1CCC(C(=O)O)C1. The number of nitrogens with two attached hydrogens (primary N) is 1. The van der Waals surface area contributed by atoms with Crippen LogP contribution in [0.4, 0.5) is 4.79 Å². The fraction of sp³-hybridized carbons (Fsp3) is 0.769. The first kappa shape index (κ1) is 14.6. The summed E-state index contributed by atoms with van der Waals surface area (Å²) < 4.78 is 0. The Bertz CT molecular complexity index is 426. The molecule has 20 heavy (non-hydrogen) atoms. The van der Waals surface area contributed by atoms with Crippen LogP contribution in [0.5, 0.6) is 0 Å². The lowest BCUT2D eigenvalue weighted by Crippen LogP contribution is -2.52. The Morgan fingerprint density at radius 3 is 2.35 bits per heavy atom. The smallest absolute Gasteiger partial charge is 0.320 e. The van der Waals surface area contributed by atoms with Crippen LogP contribution < -0.4 is 5.73 Å². The van der Waals surface area contributed by atoms with Gasteiger partial charge in [0, 0.05) is 25.7 Å². The van der Waals surface area contributed by atoms with Gasteiger partial charge in [-0.15, -0.1) is 0 Å². The van der Waals surface area contributed by atoms with E-state index in [1.54, 1.807) is 9.80 Å². The lowest BCUT2D eigenvalue weighted by atomic mass is 9.93. The molecule has 2 rings (SSSR count). The number of carbonyl (C=O) groups is 3. The van der Waals surface area contributed by atoms with Gasteiger partial charge in [0.15, 0.2) is 0 Å². The van der Waals surface area contributed by atoms with Crippen molar-refractivity contribution in [3.8, 4) is 0 Å². The number of carbonyl (C=O) groups excluding carboxylic acids is 2. The number of carboxylic acid groups (broad SMARTS) is 1. The molecule has 7 nitrogen and oxygen atoms in total. The first-order valence-electron chi connectivity index (χ1n) is 6.97. The topological polar surface area (TPSA) is 104 Å². The van der Waals surface area contributed by atoms with E-state index >= 15 is 0 Å². The molecule has 0 aromatic rings. The number of likely N-dealkylation sites (tertiary alicyclic amines) is 2. The average molecular weight is 283 g/mol. The summed E-state index contributed by atoms with van der Waals surface area (Å²) in [5, 5.41) is 8.98. The quantitative estimate of drug-likeness (QED) is 0.750. The molecule has 2 heterocycles. The fourth-order valence-electron chi connectivity index (χ4n) is 2.92. The van der Waals surface area contributed by atoms with Gasteiger partial charge in [0.2, 0.25) is 5.91 Å². The third-order valence-corrected chi connectivity index (χ3v) is 4.34. The van der Waals surface area contributed by atoms with Gasteiger partial charge >= 0.3 is 12.0 Å². The van der Waals surface area contributed by atoms with Gasteiger partial charge in [0.05, 0.1) is 11.8 Å². The van der Waals surface area contributed by atoms with E-state index < -0.39 is 11.9 Å². The molecule has 0 aromatic carbocycles. The molecule has 3 N–H and O–H groups in total. The Balaban J connectivity index is 2.00. The van der Waals surface area contributed by atoms with Crippen LogP contribution in [0.25, 0.3) is 0 Å². The molecule has 3 unspecified atom stereocenters. The van der Waals surface area contributed by atoms with E-state index in [1.165, 1.54) is 0 Å². The van der Waals surface area contributed by atoms with Crippen molar-refractivity contribution in [3.63, 3.8) is 0 Å². The minimum Gasteiger partial charge on any atom is -0.481 e. The van der Waals surface area contributed by atoms with Crippen molar-refractivity contribution in [1.82, 2.24) is 9.80 Å². The van der Waals surface area contributed by atoms with Gasteiger partial charge in [-0.3, -0.25) is 9.59 Å².